The Hall–Kier alpha value is -1.16. The van der Waals surface area contributed by atoms with Crippen molar-refractivity contribution in [2.45, 2.75) is 43.8 Å². The standard InChI is InChI=1S/C14H19F2NO/c1-18-12-6-2-4-10(13(12)15)8-14(16)7-3-5-11(17)9-14/h2,4,6,11H,3,5,7-9,17H2,1H3. The molecule has 1 aliphatic rings. The Balaban J connectivity index is 2.18. The van der Waals surface area contributed by atoms with E-state index in [0.29, 0.717) is 18.4 Å². The molecule has 0 aliphatic heterocycles. The zero-order chi connectivity index (χ0) is 13.2. The molecule has 0 radical (unpaired) electrons. The van der Waals surface area contributed by atoms with E-state index in [9.17, 15) is 8.78 Å². The average Bonchev–Trinajstić information content (AvgIpc) is 2.31. The fourth-order valence-corrected chi connectivity index (χ4v) is 2.71. The van der Waals surface area contributed by atoms with Gasteiger partial charge in [-0.15, -0.1) is 0 Å². The smallest absolute Gasteiger partial charge is 0.168 e. The highest BCUT2D eigenvalue weighted by atomic mass is 19.1. The molecule has 1 aromatic carbocycles. The van der Waals surface area contributed by atoms with Gasteiger partial charge in [0.2, 0.25) is 0 Å². The summed E-state index contributed by atoms with van der Waals surface area (Å²) in [6, 6.07) is 4.72. The van der Waals surface area contributed by atoms with Crippen LogP contribution in [0.4, 0.5) is 8.78 Å². The monoisotopic (exact) mass is 255 g/mol. The SMILES string of the molecule is COc1cccc(CC2(F)CCCC(N)C2)c1F. The van der Waals surface area contributed by atoms with Crippen LogP contribution in [0.15, 0.2) is 18.2 Å². The summed E-state index contributed by atoms with van der Waals surface area (Å²) in [7, 11) is 1.41. The van der Waals surface area contributed by atoms with Crippen molar-refractivity contribution in [3.8, 4) is 5.75 Å². The third-order valence-corrected chi connectivity index (χ3v) is 3.60. The van der Waals surface area contributed by atoms with Gasteiger partial charge in [0, 0.05) is 12.5 Å². The Bertz CT molecular complexity index is 424. The van der Waals surface area contributed by atoms with Crippen LogP contribution in [0.25, 0.3) is 0 Å². The first-order chi connectivity index (χ1) is 8.54. The Morgan fingerprint density at radius 3 is 2.94 bits per heavy atom. The molecule has 1 saturated carbocycles. The van der Waals surface area contributed by atoms with E-state index in [-0.39, 0.29) is 18.2 Å². The van der Waals surface area contributed by atoms with Gasteiger partial charge in [-0.3, -0.25) is 0 Å². The zero-order valence-electron chi connectivity index (χ0n) is 10.6. The van der Waals surface area contributed by atoms with E-state index in [4.69, 9.17) is 10.5 Å². The van der Waals surface area contributed by atoms with Crippen molar-refractivity contribution in [2.24, 2.45) is 5.73 Å². The maximum atomic E-state index is 14.6. The topological polar surface area (TPSA) is 35.2 Å². The van der Waals surface area contributed by atoms with Gasteiger partial charge in [0.25, 0.3) is 0 Å². The zero-order valence-corrected chi connectivity index (χ0v) is 10.6. The summed E-state index contributed by atoms with van der Waals surface area (Å²) in [6.07, 6.45) is 2.46. The van der Waals surface area contributed by atoms with Gasteiger partial charge in [0.1, 0.15) is 5.67 Å². The maximum absolute atomic E-state index is 14.6. The summed E-state index contributed by atoms with van der Waals surface area (Å²) in [5, 5.41) is 0. The molecule has 4 heteroatoms. The van der Waals surface area contributed by atoms with Crippen LogP contribution in [0.2, 0.25) is 0 Å². The average molecular weight is 255 g/mol. The first-order valence-corrected chi connectivity index (χ1v) is 6.30. The van der Waals surface area contributed by atoms with Crippen LogP contribution in [-0.2, 0) is 6.42 Å². The molecule has 18 heavy (non-hydrogen) atoms. The Morgan fingerprint density at radius 1 is 1.50 bits per heavy atom. The van der Waals surface area contributed by atoms with Crippen LogP contribution in [0.3, 0.4) is 0 Å². The van der Waals surface area contributed by atoms with E-state index in [0.717, 1.165) is 12.8 Å². The summed E-state index contributed by atoms with van der Waals surface area (Å²) >= 11 is 0. The fourth-order valence-electron chi connectivity index (χ4n) is 2.71. The fraction of sp³-hybridized carbons (Fsp3) is 0.571. The maximum Gasteiger partial charge on any atom is 0.168 e. The van der Waals surface area contributed by atoms with Crippen LogP contribution in [0, 0.1) is 5.82 Å². The van der Waals surface area contributed by atoms with E-state index in [1.54, 1.807) is 12.1 Å². The molecule has 1 aromatic rings. The van der Waals surface area contributed by atoms with E-state index < -0.39 is 11.5 Å². The second-order valence-electron chi connectivity index (χ2n) is 5.12. The molecule has 2 unspecified atom stereocenters. The molecule has 100 valence electrons. The lowest BCUT2D eigenvalue weighted by Crippen LogP contribution is -2.39. The summed E-state index contributed by atoms with van der Waals surface area (Å²) in [5.41, 5.74) is 4.78. The highest BCUT2D eigenvalue weighted by Crippen LogP contribution is 2.35. The van der Waals surface area contributed by atoms with Gasteiger partial charge in [-0.1, -0.05) is 12.1 Å². The molecule has 0 amide bonds. The number of hydrogen-bond acceptors (Lipinski definition) is 2. The molecular weight excluding hydrogens is 236 g/mol. The minimum Gasteiger partial charge on any atom is -0.494 e. The summed E-state index contributed by atoms with van der Waals surface area (Å²) < 4.78 is 33.5. The summed E-state index contributed by atoms with van der Waals surface area (Å²) in [4.78, 5) is 0. The van der Waals surface area contributed by atoms with Crippen molar-refractivity contribution in [3.05, 3.63) is 29.6 Å². The van der Waals surface area contributed by atoms with Gasteiger partial charge in [-0.05, 0) is 37.3 Å². The molecule has 0 bridgehead atoms. The number of rotatable bonds is 3. The van der Waals surface area contributed by atoms with Crippen LogP contribution >= 0.6 is 0 Å². The largest absolute Gasteiger partial charge is 0.494 e. The Labute approximate surface area is 106 Å². The van der Waals surface area contributed by atoms with E-state index in [1.165, 1.54) is 13.2 Å². The highest BCUT2D eigenvalue weighted by Gasteiger charge is 2.36. The van der Waals surface area contributed by atoms with Gasteiger partial charge in [-0.2, -0.15) is 0 Å². The van der Waals surface area contributed by atoms with Crippen molar-refractivity contribution < 1.29 is 13.5 Å². The van der Waals surface area contributed by atoms with Gasteiger partial charge in [-0.25, -0.2) is 8.78 Å². The summed E-state index contributed by atoms with van der Waals surface area (Å²) in [6.45, 7) is 0. The molecule has 0 saturated heterocycles. The van der Waals surface area contributed by atoms with E-state index in [2.05, 4.69) is 0 Å². The first kappa shape index (κ1) is 13.3. The lowest BCUT2D eigenvalue weighted by atomic mass is 9.79. The van der Waals surface area contributed by atoms with Crippen LogP contribution in [0.1, 0.15) is 31.2 Å². The van der Waals surface area contributed by atoms with Crippen molar-refractivity contribution in [3.63, 3.8) is 0 Å². The highest BCUT2D eigenvalue weighted by molar-refractivity contribution is 5.32. The van der Waals surface area contributed by atoms with E-state index in [1.807, 2.05) is 0 Å². The second kappa shape index (κ2) is 5.22. The van der Waals surface area contributed by atoms with Crippen molar-refractivity contribution in [2.75, 3.05) is 7.11 Å². The Morgan fingerprint density at radius 2 is 2.28 bits per heavy atom. The van der Waals surface area contributed by atoms with Gasteiger partial charge >= 0.3 is 0 Å². The molecule has 2 rings (SSSR count). The third kappa shape index (κ3) is 2.80. The van der Waals surface area contributed by atoms with Gasteiger partial charge in [0.05, 0.1) is 7.11 Å². The molecule has 2 N–H and O–H groups in total. The van der Waals surface area contributed by atoms with Crippen molar-refractivity contribution in [1.29, 1.82) is 0 Å². The molecule has 0 heterocycles. The van der Waals surface area contributed by atoms with Crippen LogP contribution in [-0.4, -0.2) is 18.8 Å². The predicted molar refractivity (Wildman–Crippen MR) is 66.9 cm³/mol. The molecular formula is C14H19F2NO. The normalized spacial score (nSPS) is 28.1. The number of nitrogens with two attached hydrogens (primary N) is 1. The molecule has 2 nitrogen and oxygen atoms in total. The minimum atomic E-state index is -1.38. The van der Waals surface area contributed by atoms with Crippen molar-refractivity contribution >= 4 is 0 Å². The number of benzene rings is 1. The molecule has 1 fully saturated rings. The predicted octanol–water partition coefficient (Wildman–Crippen LogP) is 2.99. The molecule has 0 aromatic heterocycles. The van der Waals surface area contributed by atoms with Gasteiger partial charge < -0.3 is 10.5 Å². The molecule has 0 spiro atoms. The summed E-state index contributed by atoms with van der Waals surface area (Å²) in [5.74, 6) is -0.299. The van der Waals surface area contributed by atoms with Crippen LogP contribution < -0.4 is 10.5 Å². The third-order valence-electron chi connectivity index (χ3n) is 3.60. The number of ether oxygens (including phenoxy) is 1. The molecule has 2 atom stereocenters. The number of alkyl halides is 1. The quantitative estimate of drug-likeness (QED) is 0.901. The minimum absolute atomic E-state index is 0.0731. The molecule has 1 aliphatic carbocycles. The number of hydrogen-bond donors (Lipinski definition) is 1. The lowest BCUT2D eigenvalue weighted by molar-refractivity contribution is 0.0953. The van der Waals surface area contributed by atoms with E-state index >= 15 is 0 Å². The first-order valence-electron chi connectivity index (χ1n) is 6.30. The van der Waals surface area contributed by atoms with Crippen LogP contribution in [0.5, 0.6) is 5.75 Å². The number of halogens is 2. The lowest BCUT2D eigenvalue weighted by Gasteiger charge is -2.33. The number of methoxy groups -OCH3 is 1. The Kier molecular flexibility index (Phi) is 3.85. The second-order valence-corrected chi connectivity index (χ2v) is 5.12. The van der Waals surface area contributed by atoms with Crippen molar-refractivity contribution in [1.82, 2.24) is 0 Å². The van der Waals surface area contributed by atoms with Gasteiger partial charge in [0.15, 0.2) is 11.6 Å².